The van der Waals surface area contributed by atoms with E-state index < -0.39 is 12.7 Å². The van der Waals surface area contributed by atoms with Crippen LogP contribution in [0.1, 0.15) is 5.56 Å². The van der Waals surface area contributed by atoms with E-state index in [1.165, 1.54) is 47.3 Å². The third-order valence-electron chi connectivity index (χ3n) is 4.58. The molecule has 1 heterocycles. The zero-order valence-electron chi connectivity index (χ0n) is 17.2. The number of methoxy groups -OCH3 is 1. The molecule has 0 radical (unpaired) electrons. The number of benzene rings is 2. The number of ether oxygens (including phenoxy) is 3. The molecule has 0 N–H and O–H groups in total. The van der Waals surface area contributed by atoms with E-state index in [0.29, 0.717) is 17.0 Å². The summed E-state index contributed by atoms with van der Waals surface area (Å²) in [7, 11) is 4.57. The second-order valence-electron chi connectivity index (χ2n) is 6.88. The summed E-state index contributed by atoms with van der Waals surface area (Å²) in [5, 5.41) is 0. The number of carbonyl (C=O) groups excluding carboxylic acids is 2. The number of fused-ring (bicyclic) bond motifs is 1. The summed E-state index contributed by atoms with van der Waals surface area (Å²) in [6.45, 7) is -2.92. The predicted molar refractivity (Wildman–Crippen MR) is 111 cm³/mol. The van der Waals surface area contributed by atoms with E-state index in [9.17, 15) is 18.4 Å². The smallest absolute Gasteiger partial charge is 0.387 e. The van der Waals surface area contributed by atoms with Crippen molar-refractivity contribution in [1.29, 1.82) is 0 Å². The van der Waals surface area contributed by atoms with Gasteiger partial charge in [-0.05, 0) is 35.9 Å². The van der Waals surface area contributed by atoms with Crippen molar-refractivity contribution < 1.29 is 32.6 Å². The Morgan fingerprint density at radius 2 is 1.94 bits per heavy atom. The molecule has 0 aromatic heterocycles. The topological polar surface area (TPSA) is 68.3 Å². The molecule has 0 aliphatic carbocycles. The van der Waals surface area contributed by atoms with Gasteiger partial charge in [0.25, 0.3) is 11.8 Å². The fraction of sp³-hybridized carbons (Fsp3) is 0.273. The number of alkyl halides is 2. The van der Waals surface area contributed by atoms with Gasteiger partial charge in [0.05, 0.1) is 19.3 Å². The largest absolute Gasteiger partial charge is 0.493 e. The molecule has 1 atom stereocenters. The highest BCUT2D eigenvalue weighted by Gasteiger charge is 2.33. The van der Waals surface area contributed by atoms with Gasteiger partial charge in [-0.15, -0.1) is 0 Å². The number of rotatable bonds is 6. The Bertz CT molecular complexity index is 994. The second-order valence-corrected chi connectivity index (χ2v) is 6.88. The van der Waals surface area contributed by atoms with Crippen molar-refractivity contribution in [2.24, 2.45) is 0 Å². The molecule has 0 bridgehead atoms. The van der Waals surface area contributed by atoms with Gasteiger partial charge < -0.3 is 24.0 Å². The van der Waals surface area contributed by atoms with Crippen molar-refractivity contribution in [2.75, 3.05) is 32.6 Å². The lowest BCUT2D eigenvalue weighted by Crippen LogP contribution is -2.50. The normalized spacial score (nSPS) is 15.4. The zero-order valence-corrected chi connectivity index (χ0v) is 17.2. The van der Waals surface area contributed by atoms with Gasteiger partial charge in [-0.3, -0.25) is 9.59 Å². The number of nitrogens with zero attached hydrogens (tertiary/aromatic N) is 2. The SMILES string of the molecule is COc1cc(/C=C/C(=O)N2CC(C(=O)N(C)C)Oc3ccccc32)ccc1OC(F)F. The molecule has 1 aliphatic rings. The summed E-state index contributed by atoms with van der Waals surface area (Å²) in [6.07, 6.45) is 2.03. The van der Waals surface area contributed by atoms with Gasteiger partial charge in [0.15, 0.2) is 17.6 Å². The summed E-state index contributed by atoms with van der Waals surface area (Å²) in [5.74, 6) is -0.169. The Kier molecular flexibility index (Phi) is 6.74. The first-order valence-corrected chi connectivity index (χ1v) is 9.39. The Labute approximate surface area is 178 Å². The molecule has 2 amide bonds. The van der Waals surface area contributed by atoms with E-state index in [-0.39, 0.29) is 29.9 Å². The minimum absolute atomic E-state index is 0.0572. The maximum Gasteiger partial charge on any atom is 0.387 e. The fourth-order valence-electron chi connectivity index (χ4n) is 3.10. The molecule has 2 aromatic rings. The highest BCUT2D eigenvalue weighted by atomic mass is 19.3. The molecule has 31 heavy (non-hydrogen) atoms. The van der Waals surface area contributed by atoms with Crippen molar-refractivity contribution in [3.8, 4) is 17.2 Å². The van der Waals surface area contributed by atoms with E-state index >= 15 is 0 Å². The summed E-state index contributed by atoms with van der Waals surface area (Å²) >= 11 is 0. The van der Waals surface area contributed by atoms with E-state index in [0.717, 1.165) is 0 Å². The van der Waals surface area contributed by atoms with Crippen LogP contribution in [0.15, 0.2) is 48.5 Å². The van der Waals surface area contributed by atoms with Crippen LogP contribution in [0.4, 0.5) is 14.5 Å². The van der Waals surface area contributed by atoms with Crippen molar-refractivity contribution in [2.45, 2.75) is 12.7 Å². The van der Waals surface area contributed by atoms with E-state index in [2.05, 4.69) is 4.74 Å². The van der Waals surface area contributed by atoms with Gasteiger partial charge in [-0.25, -0.2) is 0 Å². The lowest BCUT2D eigenvalue weighted by molar-refractivity contribution is -0.136. The molecule has 0 spiro atoms. The molecule has 7 nitrogen and oxygen atoms in total. The minimum Gasteiger partial charge on any atom is -0.493 e. The average Bonchev–Trinajstić information content (AvgIpc) is 2.76. The van der Waals surface area contributed by atoms with Crippen LogP contribution in [0.3, 0.4) is 0 Å². The number of hydrogen-bond acceptors (Lipinski definition) is 5. The Morgan fingerprint density at radius 3 is 2.61 bits per heavy atom. The monoisotopic (exact) mass is 432 g/mol. The van der Waals surface area contributed by atoms with Crippen LogP contribution in [0.25, 0.3) is 6.08 Å². The number of carbonyl (C=O) groups is 2. The average molecular weight is 432 g/mol. The number of amides is 2. The summed E-state index contributed by atoms with van der Waals surface area (Å²) in [5.41, 5.74) is 1.10. The molecule has 1 unspecified atom stereocenters. The molecule has 1 aliphatic heterocycles. The third kappa shape index (κ3) is 5.11. The lowest BCUT2D eigenvalue weighted by atomic mass is 10.1. The Balaban J connectivity index is 1.83. The van der Waals surface area contributed by atoms with Crippen LogP contribution in [-0.2, 0) is 9.59 Å². The fourth-order valence-corrected chi connectivity index (χ4v) is 3.10. The van der Waals surface area contributed by atoms with Crippen LogP contribution in [0.5, 0.6) is 17.2 Å². The number of para-hydroxylation sites is 2. The Morgan fingerprint density at radius 1 is 1.19 bits per heavy atom. The molecule has 164 valence electrons. The van der Waals surface area contributed by atoms with Gasteiger partial charge in [-0.1, -0.05) is 18.2 Å². The summed E-state index contributed by atoms with van der Waals surface area (Å²) in [6, 6.07) is 11.3. The first-order chi connectivity index (χ1) is 14.8. The summed E-state index contributed by atoms with van der Waals surface area (Å²) in [4.78, 5) is 28.2. The number of hydrogen-bond donors (Lipinski definition) is 0. The van der Waals surface area contributed by atoms with E-state index in [1.807, 2.05) is 0 Å². The predicted octanol–water partition coefficient (Wildman–Crippen LogP) is 3.19. The molecule has 2 aromatic carbocycles. The quantitative estimate of drug-likeness (QED) is 0.656. The van der Waals surface area contributed by atoms with Crippen molar-refractivity contribution in [3.05, 3.63) is 54.1 Å². The van der Waals surface area contributed by atoms with Gasteiger partial charge in [0, 0.05) is 20.2 Å². The van der Waals surface area contributed by atoms with Gasteiger partial charge in [0.1, 0.15) is 5.75 Å². The molecule has 9 heteroatoms. The zero-order chi connectivity index (χ0) is 22.5. The number of anilines is 1. The molecule has 3 rings (SSSR count). The van der Waals surface area contributed by atoms with Gasteiger partial charge in [0.2, 0.25) is 0 Å². The maximum atomic E-state index is 12.9. The first-order valence-electron chi connectivity index (χ1n) is 9.39. The van der Waals surface area contributed by atoms with E-state index in [4.69, 9.17) is 9.47 Å². The lowest BCUT2D eigenvalue weighted by Gasteiger charge is -2.34. The van der Waals surface area contributed by atoms with Crippen LogP contribution in [0, 0.1) is 0 Å². The Hall–Kier alpha value is -3.62. The highest BCUT2D eigenvalue weighted by molar-refractivity contribution is 6.05. The molecular formula is C22H22F2N2O5. The van der Waals surface area contributed by atoms with Crippen LogP contribution < -0.4 is 19.1 Å². The number of likely N-dealkylation sites (N-methyl/N-ethyl adjacent to an activating group) is 1. The van der Waals surface area contributed by atoms with Gasteiger partial charge >= 0.3 is 6.61 Å². The van der Waals surface area contributed by atoms with Crippen LogP contribution >= 0.6 is 0 Å². The molecule has 0 fully saturated rings. The molecule has 0 saturated carbocycles. The van der Waals surface area contributed by atoms with Crippen molar-refractivity contribution in [3.63, 3.8) is 0 Å². The molecule has 0 saturated heterocycles. The van der Waals surface area contributed by atoms with Crippen molar-refractivity contribution >= 4 is 23.6 Å². The summed E-state index contributed by atoms with van der Waals surface area (Å²) < 4.78 is 40.2. The minimum atomic E-state index is -2.98. The maximum absolute atomic E-state index is 12.9. The number of halogens is 2. The van der Waals surface area contributed by atoms with E-state index in [1.54, 1.807) is 38.4 Å². The van der Waals surface area contributed by atoms with Gasteiger partial charge in [-0.2, -0.15) is 8.78 Å². The third-order valence-corrected chi connectivity index (χ3v) is 4.58. The van der Waals surface area contributed by atoms with Crippen molar-refractivity contribution in [1.82, 2.24) is 4.90 Å². The highest BCUT2D eigenvalue weighted by Crippen LogP contribution is 2.34. The van der Waals surface area contributed by atoms with Crippen LogP contribution in [-0.4, -0.2) is 57.2 Å². The second kappa shape index (κ2) is 9.46. The molecular weight excluding hydrogens is 410 g/mol. The first kappa shape index (κ1) is 22.1. The standard InChI is InChI=1S/C22H22F2N2O5/c1-25(2)21(28)19-13-26(15-6-4-5-7-16(15)30-19)20(27)11-9-14-8-10-17(31-22(23)24)18(12-14)29-3/h4-12,19,22H,13H2,1-3H3/b11-9+. The van der Waals surface area contributed by atoms with Crippen LogP contribution in [0.2, 0.25) is 0 Å².